The number of benzene rings is 1. The monoisotopic (exact) mass is 313 g/mol. The number of amides is 1. The van der Waals surface area contributed by atoms with Gasteiger partial charge in [-0.15, -0.1) is 0 Å². The lowest BCUT2D eigenvalue weighted by Crippen LogP contribution is -2.55. The maximum atomic E-state index is 12.0. The highest BCUT2D eigenvalue weighted by molar-refractivity contribution is 5.81. The minimum absolute atomic E-state index is 0.213. The largest absolute Gasteiger partial charge is 0.390 e. The number of nitrogens with zero attached hydrogens (tertiary/aromatic N) is 2. The molecule has 1 aromatic rings. The first kappa shape index (κ1) is 16.0. The van der Waals surface area contributed by atoms with Gasteiger partial charge >= 0.3 is 0 Å². The molecule has 5 heteroatoms. The van der Waals surface area contributed by atoms with E-state index >= 15 is 0 Å². The van der Waals surface area contributed by atoms with Gasteiger partial charge in [-0.1, -0.05) is 25.0 Å². The van der Waals surface area contributed by atoms with Crippen molar-refractivity contribution < 1.29 is 9.90 Å². The van der Waals surface area contributed by atoms with Crippen LogP contribution in [0, 0.1) is 17.2 Å². The molecule has 3 rings (SSSR count). The first-order chi connectivity index (χ1) is 11.0. The summed E-state index contributed by atoms with van der Waals surface area (Å²) in [7, 11) is 0. The summed E-state index contributed by atoms with van der Waals surface area (Å²) in [5.41, 5.74) is 6.48. The Morgan fingerprint density at radius 1 is 1.35 bits per heavy atom. The number of hydrogen-bond donors (Lipinski definition) is 2. The van der Waals surface area contributed by atoms with Crippen molar-refractivity contribution in [3.63, 3.8) is 0 Å². The Morgan fingerprint density at radius 2 is 2.09 bits per heavy atom. The van der Waals surface area contributed by atoms with Crippen LogP contribution in [-0.4, -0.2) is 34.6 Å². The number of hydrogen-bond acceptors (Lipinski definition) is 4. The molecule has 3 N–H and O–H groups in total. The zero-order chi connectivity index (χ0) is 16.4. The number of rotatable bonds is 3. The summed E-state index contributed by atoms with van der Waals surface area (Å²) in [4.78, 5) is 14.1. The summed E-state index contributed by atoms with van der Waals surface area (Å²) in [6.45, 7) is 1.37. The second-order valence-corrected chi connectivity index (χ2v) is 6.83. The van der Waals surface area contributed by atoms with Gasteiger partial charge in [0.15, 0.2) is 0 Å². The van der Waals surface area contributed by atoms with E-state index < -0.39 is 11.6 Å². The van der Waals surface area contributed by atoms with Gasteiger partial charge in [0.05, 0.1) is 17.2 Å². The van der Waals surface area contributed by atoms with Crippen molar-refractivity contribution in [1.82, 2.24) is 4.90 Å². The average molecular weight is 313 g/mol. The van der Waals surface area contributed by atoms with Crippen LogP contribution in [0.3, 0.4) is 0 Å². The number of fused-ring (bicyclic) bond motifs is 1. The molecule has 0 bridgehead atoms. The zero-order valence-corrected chi connectivity index (χ0v) is 13.2. The number of carbonyl (C=O) groups is 1. The van der Waals surface area contributed by atoms with E-state index in [0.29, 0.717) is 25.1 Å². The van der Waals surface area contributed by atoms with Gasteiger partial charge in [0.25, 0.3) is 0 Å². The summed E-state index contributed by atoms with van der Waals surface area (Å²) in [6.07, 6.45) is 4.79. The van der Waals surface area contributed by atoms with E-state index in [1.54, 1.807) is 24.3 Å². The van der Waals surface area contributed by atoms with Crippen LogP contribution in [-0.2, 0) is 4.79 Å². The van der Waals surface area contributed by atoms with Gasteiger partial charge in [0.1, 0.15) is 6.04 Å². The third kappa shape index (κ3) is 3.10. The number of primary amides is 1. The van der Waals surface area contributed by atoms with Crippen molar-refractivity contribution in [1.29, 1.82) is 5.26 Å². The summed E-state index contributed by atoms with van der Waals surface area (Å²) in [5.74, 6) is -0.166. The number of aliphatic hydroxyl groups is 1. The van der Waals surface area contributed by atoms with Crippen LogP contribution in [0.5, 0.6) is 0 Å². The fourth-order valence-electron chi connectivity index (χ4n) is 4.13. The van der Waals surface area contributed by atoms with E-state index in [9.17, 15) is 9.90 Å². The summed E-state index contributed by atoms with van der Waals surface area (Å²) in [6, 6.07) is 8.62. The number of carbonyl (C=O) groups excluding carboxylic acids is 1. The first-order valence-corrected chi connectivity index (χ1v) is 8.29. The van der Waals surface area contributed by atoms with Crippen molar-refractivity contribution in [2.24, 2.45) is 11.7 Å². The van der Waals surface area contributed by atoms with Gasteiger partial charge in [-0.3, -0.25) is 9.69 Å². The standard InChI is InChI=1S/C18H23N3O2/c19-11-13-4-6-14(7-5-13)16(17(20)22)21-10-9-18(23)8-2-1-3-15(18)12-21/h4-7,15-16,23H,1-3,8-10,12H2,(H2,20,22)/t15-,16-,18-/m1/s1. The van der Waals surface area contributed by atoms with E-state index in [-0.39, 0.29) is 11.8 Å². The van der Waals surface area contributed by atoms with Crippen molar-refractivity contribution in [2.75, 3.05) is 13.1 Å². The molecule has 3 atom stereocenters. The van der Waals surface area contributed by atoms with Gasteiger partial charge in [0, 0.05) is 19.0 Å². The van der Waals surface area contributed by atoms with Crippen LogP contribution in [0.4, 0.5) is 0 Å². The van der Waals surface area contributed by atoms with Crippen LogP contribution in [0.25, 0.3) is 0 Å². The fourth-order valence-corrected chi connectivity index (χ4v) is 4.13. The molecule has 1 saturated heterocycles. The Kier molecular flexibility index (Phi) is 4.38. The quantitative estimate of drug-likeness (QED) is 0.889. The van der Waals surface area contributed by atoms with Gasteiger partial charge in [-0.05, 0) is 37.0 Å². The minimum Gasteiger partial charge on any atom is -0.390 e. The van der Waals surface area contributed by atoms with Crippen LogP contribution >= 0.6 is 0 Å². The van der Waals surface area contributed by atoms with E-state index in [4.69, 9.17) is 11.0 Å². The fraction of sp³-hybridized carbons (Fsp3) is 0.556. The van der Waals surface area contributed by atoms with Crippen molar-refractivity contribution in [3.8, 4) is 6.07 Å². The lowest BCUT2D eigenvalue weighted by Gasteiger charge is -2.49. The lowest BCUT2D eigenvalue weighted by atomic mass is 9.71. The van der Waals surface area contributed by atoms with Gasteiger partial charge in [0.2, 0.25) is 5.91 Å². The van der Waals surface area contributed by atoms with E-state index in [0.717, 1.165) is 31.2 Å². The Labute approximate surface area is 136 Å². The summed E-state index contributed by atoms with van der Waals surface area (Å²) in [5, 5.41) is 19.7. The van der Waals surface area contributed by atoms with Crippen molar-refractivity contribution >= 4 is 5.91 Å². The molecule has 1 aliphatic heterocycles. The molecule has 1 aromatic carbocycles. The molecule has 23 heavy (non-hydrogen) atoms. The van der Waals surface area contributed by atoms with Gasteiger partial charge in [-0.25, -0.2) is 0 Å². The van der Waals surface area contributed by atoms with Crippen LogP contribution in [0.1, 0.15) is 49.3 Å². The van der Waals surface area contributed by atoms with E-state index in [1.807, 2.05) is 0 Å². The van der Waals surface area contributed by atoms with Crippen LogP contribution < -0.4 is 5.73 Å². The molecule has 0 unspecified atom stereocenters. The normalized spacial score (nSPS) is 29.3. The SMILES string of the molecule is N#Cc1ccc([C@H](C(N)=O)N2CC[C@]3(O)CCCC[C@@H]3C2)cc1. The Hall–Kier alpha value is -1.90. The second-order valence-electron chi connectivity index (χ2n) is 6.83. The molecular weight excluding hydrogens is 290 g/mol. The molecule has 1 amide bonds. The number of piperidine rings is 1. The molecule has 1 heterocycles. The highest BCUT2D eigenvalue weighted by atomic mass is 16.3. The van der Waals surface area contributed by atoms with Crippen LogP contribution in [0.15, 0.2) is 24.3 Å². The zero-order valence-electron chi connectivity index (χ0n) is 13.2. The third-order valence-electron chi connectivity index (χ3n) is 5.45. The minimum atomic E-state index is -0.568. The Balaban J connectivity index is 1.81. The summed E-state index contributed by atoms with van der Waals surface area (Å²) >= 11 is 0. The number of nitriles is 1. The topological polar surface area (TPSA) is 90.3 Å². The third-order valence-corrected chi connectivity index (χ3v) is 5.45. The van der Waals surface area contributed by atoms with Crippen molar-refractivity contribution in [3.05, 3.63) is 35.4 Å². The molecule has 0 aromatic heterocycles. The predicted octanol–water partition coefficient (Wildman–Crippen LogP) is 1.71. The van der Waals surface area contributed by atoms with E-state index in [2.05, 4.69) is 11.0 Å². The van der Waals surface area contributed by atoms with E-state index in [1.165, 1.54) is 0 Å². The molecule has 122 valence electrons. The van der Waals surface area contributed by atoms with Gasteiger partial charge in [-0.2, -0.15) is 5.26 Å². The molecule has 5 nitrogen and oxygen atoms in total. The average Bonchev–Trinajstić information content (AvgIpc) is 2.55. The molecule has 2 fully saturated rings. The number of nitrogens with two attached hydrogens (primary N) is 1. The lowest BCUT2D eigenvalue weighted by molar-refractivity contribution is -0.132. The maximum Gasteiger partial charge on any atom is 0.239 e. The molecule has 1 saturated carbocycles. The molecule has 1 aliphatic carbocycles. The molecule has 0 radical (unpaired) electrons. The molecule has 0 spiro atoms. The Morgan fingerprint density at radius 3 is 2.74 bits per heavy atom. The highest BCUT2D eigenvalue weighted by Crippen LogP contribution is 2.41. The second kappa shape index (κ2) is 6.31. The summed E-state index contributed by atoms with van der Waals surface area (Å²) < 4.78 is 0. The predicted molar refractivity (Wildman–Crippen MR) is 86.2 cm³/mol. The Bertz CT molecular complexity index is 622. The smallest absolute Gasteiger partial charge is 0.239 e. The van der Waals surface area contributed by atoms with Crippen molar-refractivity contribution in [2.45, 2.75) is 43.7 Å². The maximum absolute atomic E-state index is 12.0. The number of likely N-dealkylation sites (tertiary alicyclic amines) is 1. The highest BCUT2D eigenvalue weighted by Gasteiger charge is 2.44. The molecule has 2 aliphatic rings. The first-order valence-electron chi connectivity index (χ1n) is 8.29. The van der Waals surface area contributed by atoms with Gasteiger partial charge < -0.3 is 10.8 Å². The van der Waals surface area contributed by atoms with Crippen LogP contribution in [0.2, 0.25) is 0 Å². The molecular formula is C18H23N3O2.